The average Bonchev–Trinajstić information content (AvgIpc) is 2.13. The standard InChI is InChI=1S/C11H24N2O2/c1-11(2,3)13-9-10(15)12-7-5-4-6-8-14/h13-14H,4-9H2,1-3H3,(H,12,15). The molecule has 0 saturated heterocycles. The topological polar surface area (TPSA) is 61.4 Å². The molecule has 1 amide bonds. The predicted octanol–water partition coefficient (Wildman–Crippen LogP) is 0.653. The lowest BCUT2D eigenvalue weighted by Crippen LogP contribution is -2.43. The summed E-state index contributed by atoms with van der Waals surface area (Å²) in [5.74, 6) is 0.0360. The minimum Gasteiger partial charge on any atom is -0.396 e. The first-order valence-electron chi connectivity index (χ1n) is 5.58. The van der Waals surface area contributed by atoms with Crippen LogP contribution in [0.2, 0.25) is 0 Å². The Bertz CT molecular complexity index is 176. The maximum atomic E-state index is 11.3. The van der Waals surface area contributed by atoms with Crippen molar-refractivity contribution in [2.45, 2.75) is 45.6 Å². The lowest BCUT2D eigenvalue weighted by molar-refractivity contribution is -0.120. The molecule has 0 saturated carbocycles. The van der Waals surface area contributed by atoms with E-state index in [1.165, 1.54) is 0 Å². The van der Waals surface area contributed by atoms with Gasteiger partial charge in [0.15, 0.2) is 0 Å². The molecular formula is C11H24N2O2. The van der Waals surface area contributed by atoms with E-state index in [4.69, 9.17) is 5.11 Å². The Morgan fingerprint density at radius 3 is 2.40 bits per heavy atom. The molecule has 4 heteroatoms. The maximum absolute atomic E-state index is 11.3. The first kappa shape index (κ1) is 14.4. The van der Waals surface area contributed by atoms with E-state index in [0.717, 1.165) is 19.3 Å². The van der Waals surface area contributed by atoms with Crippen molar-refractivity contribution in [3.05, 3.63) is 0 Å². The van der Waals surface area contributed by atoms with Gasteiger partial charge in [-0.2, -0.15) is 0 Å². The Morgan fingerprint density at radius 1 is 1.20 bits per heavy atom. The summed E-state index contributed by atoms with van der Waals surface area (Å²) in [6, 6.07) is 0. The molecule has 0 fully saturated rings. The molecule has 0 bridgehead atoms. The smallest absolute Gasteiger partial charge is 0.233 e. The van der Waals surface area contributed by atoms with Crippen molar-refractivity contribution >= 4 is 5.91 Å². The first-order chi connectivity index (χ1) is 6.95. The van der Waals surface area contributed by atoms with Gasteiger partial charge in [-0.05, 0) is 40.0 Å². The molecule has 0 rings (SSSR count). The number of aliphatic hydroxyl groups is 1. The maximum Gasteiger partial charge on any atom is 0.233 e. The van der Waals surface area contributed by atoms with Crippen molar-refractivity contribution < 1.29 is 9.90 Å². The van der Waals surface area contributed by atoms with Crippen molar-refractivity contribution in [2.24, 2.45) is 0 Å². The summed E-state index contributed by atoms with van der Waals surface area (Å²) in [6.45, 7) is 7.39. The summed E-state index contributed by atoms with van der Waals surface area (Å²) in [5, 5.41) is 14.5. The van der Waals surface area contributed by atoms with E-state index in [9.17, 15) is 4.79 Å². The van der Waals surface area contributed by atoms with Crippen molar-refractivity contribution in [2.75, 3.05) is 19.7 Å². The second kappa shape index (κ2) is 7.65. The van der Waals surface area contributed by atoms with E-state index in [-0.39, 0.29) is 18.1 Å². The SMILES string of the molecule is CC(C)(C)NCC(=O)NCCCCCO. The largest absolute Gasteiger partial charge is 0.396 e. The lowest BCUT2D eigenvalue weighted by Gasteiger charge is -2.19. The number of carbonyl (C=O) groups excluding carboxylic acids is 1. The monoisotopic (exact) mass is 216 g/mol. The molecule has 0 aromatic carbocycles. The lowest BCUT2D eigenvalue weighted by atomic mass is 10.1. The highest BCUT2D eigenvalue weighted by Gasteiger charge is 2.10. The number of rotatable bonds is 7. The quantitative estimate of drug-likeness (QED) is 0.548. The molecule has 0 aromatic heterocycles. The van der Waals surface area contributed by atoms with Crippen LogP contribution in [-0.4, -0.2) is 36.2 Å². The molecule has 0 aliphatic carbocycles. The summed E-state index contributed by atoms with van der Waals surface area (Å²) in [5.41, 5.74) is -0.0196. The third-order valence-corrected chi connectivity index (χ3v) is 1.94. The van der Waals surface area contributed by atoms with Crippen LogP contribution in [-0.2, 0) is 4.79 Å². The van der Waals surface area contributed by atoms with Crippen LogP contribution in [0.3, 0.4) is 0 Å². The fourth-order valence-electron chi connectivity index (χ4n) is 1.05. The summed E-state index contributed by atoms with van der Waals surface area (Å²) in [4.78, 5) is 11.3. The highest BCUT2D eigenvalue weighted by molar-refractivity contribution is 5.78. The number of hydrogen-bond acceptors (Lipinski definition) is 3. The number of unbranched alkanes of at least 4 members (excludes halogenated alkanes) is 2. The van der Waals surface area contributed by atoms with Crippen molar-refractivity contribution in [1.82, 2.24) is 10.6 Å². The molecule has 0 heterocycles. The van der Waals surface area contributed by atoms with Gasteiger partial charge in [0, 0.05) is 18.7 Å². The molecule has 0 atom stereocenters. The van der Waals surface area contributed by atoms with E-state index in [1.807, 2.05) is 20.8 Å². The van der Waals surface area contributed by atoms with Gasteiger partial charge in [0.2, 0.25) is 5.91 Å². The van der Waals surface area contributed by atoms with Gasteiger partial charge < -0.3 is 15.7 Å². The molecule has 0 spiro atoms. The highest BCUT2D eigenvalue weighted by atomic mass is 16.2. The van der Waals surface area contributed by atoms with E-state index in [0.29, 0.717) is 13.1 Å². The van der Waals surface area contributed by atoms with E-state index in [2.05, 4.69) is 10.6 Å². The molecule has 4 nitrogen and oxygen atoms in total. The molecule has 0 aliphatic heterocycles. The molecule has 15 heavy (non-hydrogen) atoms. The van der Waals surface area contributed by atoms with Crippen LogP contribution in [0.1, 0.15) is 40.0 Å². The van der Waals surface area contributed by atoms with Gasteiger partial charge in [-0.3, -0.25) is 4.79 Å². The Labute approximate surface area is 92.4 Å². The second-order valence-corrected chi connectivity index (χ2v) is 4.74. The number of hydrogen-bond donors (Lipinski definition) is 3. The van der Waals surface area contributed by atoms with Gasteiger partial charge in [-0.25, -0.2) is 0 Å². The predicted molar refractivity (Wildman–Crippen MR) is 61.7 cm³/mol. The van der Waals surface area contributed by atoms with Crippen molar-refractivity contribution in [3.63, 3.8) is 0 Å². The Hall–Kier alpha value is -0.610. The van der Waals surface area contributed by atoms with E-state index < -0.39 is 0 Å². The molecule has 0 aromatic rings. The fourth-order valence-corrected chi connectivity index (χ4v) is 1.05. The zero-order valence-corrected chi connectivity index (χ0v) is 10.1. The normalized spacial score (nSPS) is 11.5. The minimum absolute atomic E-state index is 0.0196. The van der Waals surface area contributed by atoms with Crippen LogP contribution >= 0.6 is 0 Å². The van der Waals surface area contributed by atoms with E-state index >= 15 is 0 Å². The van der Waals surface area contributed by atoms with Gasteiger partial charge in [0.25, 0.3) is 0 Å². The molecule has 3 N–H and O–H groups in total. The average molecular weight is 216 g/mol. The van der Waals surface area contributed by atoms with Crippen molar-refractivity contribution in [3.8, 4) is 0 Å². The summed E-state index contributed by atoms with van der Waals surface area (Å²) in [7, 11) is 0. The Kier molecular flexibility index (Phi) is 7.34. The summed E-state index contributed by atoms with van der Waals surface area (Å²) in [6.07, 6.45) is 2.71. The van der Waals surface area contributed by atoms with E-state index in [1.54, 1.807) is 0 Å². The van der Waals surface area contributed by atoms with Gasteiger partial charge in [-0.15, -0.1) is 0 Å². The van der Waals surface area contributed by atoms with Crippen LogP contribution in [0.25, 0.3) is 0 Å². The molecule has 90 valence electrons. The highest BCUT2D eigenvalue weighted by Crippen LogP contribution is 1.96. The zero-order chi connectivity index (χ0) is 11.7. The third kappa shape index (κ3) is 11.3. The molecule has 0 unspecified atom stereocenters. The van der Waals surface area contributed by atoms with Crippen LogP contribution in [0.5, 0.6) is 0 Å². The number of amides is 1. The van der Waals surface area contributed by atoms with Gasteiger partial charge in [0.1, 0.15) is 0 Å². The van der Waals surface area contributed by atoms with Gasteiger partial charge in [0.05, 0.1) is 6.54 Å². The Balaban J connectivity index is 3.34. The second-order valence-electron chi connectivity index (χ2n) is 4.74. The summed E-state index contributed by atoms with van der Waals surface area (Å²) >= 11 is 0. The molecular weight excluding hydrogens is 192 g/mol. The number of carbonyl (C=O) groups is 1. The van der Waals surface area contributed by atoms with Gasteiger partial charge >= 0.3 is 0 Å². The number of aliphatic hydroxyl groups excluding tert-OH is 1. The molecule has 0 aliphatic rings. The summed E-state index contributed by atoms with van der Waals surface area (Å²) < 4.78 is 0. The Morgan fingerprint density at radius 2 is 1.87 bits per heavy atom. The van der Waals surface area contributed by atoms with Crippen molar-refractivity contribution in [1.29, 1.82) is 0 Å². The van der Waals surface area contributed by atoms with Crippen LogP contribution in [0.4, 0.5) is 0 Å². The number of nitrogens with one attached hydrogen (secondary N) is 2. The van der Waals surface area contributed by atoms with Crippen LogP contribution < -0.4 is 10.6 Å². The van der Waals surface area contributed by atoms with Crippen LogP contribution in [0.15, 0.2) is 0 Å². The minimum atomic E-state index is -0.0196. The van der Waals surface area contributed by atoms with Crippen LogP contribution in [0, 0.1) is 0 Å². The zero-order valence-electron chi connectivity index (χ0n) is 10.1. The third-order valence-electron chi connectivity index (χ3n) is 1.94. The fraction of sp³-hybridized carbons (Fsp3) is 0.909. The first-order valence-corrected chi connectivity index (χ1v) is 5.58. The molecule has 0 radical (unpaired) electrons. The van der Waals surface area contributed by atoms with Gasteiger partial charge in [-0.1, -0.05) is 0 Å².